The zero-order chi connectivity index (χ0) is 28.2. The van der Waals surface area contributed by atoms with Gasteiger partial charge in [-0.1, -0.05) is 103 Å². The first-order valence-electron chi connectivity index (χ1n) is 13.8. The van der Waals surface area contributed by atoms with Crippen molar-refractivity contribution < 1.29 is 37.1 Å². The molecule has 0 spiro atoms. The SMILES string of the molecule is C[N-]c1ccc2oc3c(-c4ccccc4)cccc3c2c1[S-].[Y].c1ccc2c(c1)[nH]c1c2ccc2c3ccccc3sc21. The topological polar surface area (TPSA) is 43.0 Å². The molecule has 0 saturated heterocycles. The molecule has 3 heterocycles. The maximum atomic E-state index is 6.11. The van der Waals surface area contributed by atoms with E-state index in [1.807, 2.05) is 47.7 Å². The van der Waals surface area contributed by atoms with Gasteiger partial charge in [0.05, 0.1) is 10.2 Å². The van der Waals surface area contributed by atoms with Crippen LogP contribution in [0, 0.1) is 0 Å². The van der Waals surface area contributed by atoms with Crippen LogP contribution in [-0.4, -0.2) is 12.0 Å². The Hall–Kier alpha value is -3.74. The Labute approximate surface area is 283 Å². The van der Waals surface area contributed by atoms with E-state index in [2.05, 4.69) is 95.2 Å². The molecule has 9 rings (SSSR count). The molecule has 0 bridgehead atoms. The van der Waals surface area contributed by atoms with Gasteiger partial charge in [-0.25, -0.2) is 0 Å². The van der Waals surface area contributed by atoms with Crippen molar-refractivity contribution in [2.24, 2.45) is 0 Å². The van der Waals surface area contributed by atoms with E-state index in [-0.39, 0.29) is 32.7 Å². The number of furan rings is 1. The van der Waals surface area contributed by atoms with Crippen molar-refractivity contribution in [3.8, 4) is 11.1 Å². The summed E-state index contributed by atoms with van der Waals surface area (Å²) in [5.74, 6) is 0. The predicted octanol–water partition coefficient (Wildman–Crippen LogP) is 11.5. The quantitative estimate of drug-likeness (QED) is 0.187. The average molecular weight is 666 g/mol. The van der Waals surface area contributed by atoms with Gasteiger partial charge < -0.3 is 27.3 Å². The van der Waals surface area contributed by atoms with Gasteiger partial charge in [-0.05, 0) is 23.8 Å². The van der Waals surface area contributed by atoms with Crippen molar-refractivity contribution in [2.45, 2.75) is 4.90 Å². The van der Waals surface area contributed by atoms with Gasteiger partial charge in [-0.2, -0.15) is 10.6 Å². The first-order valence-corrected chi connectivity index (χ1v) is 15.0. The van der Waals surface area contributed by atoms with Gasteiger partial charge in [-0.15, -0.1) is 18.4 Å². The molecular weight excluding hydrogens is 641 g/mol. The van der Waals surface area contributed by atoms with Crippen LogP contribution in [0.3, 0.4) is 0 Å². The van der Waals surface area contributed by atoms with Gasteiger partial charge in [-0.3, -0.25) is 0 Å². The fourth-order valence-corrected chi connectivity index (χ4v) is 7.54. The van der Waals surface area contributed by atoms with Gasteiger partial charge in [0.15, 0.2) is 0 Å². The molecule has 3 aromatic heterocycles. The van der Waals surface area contributed by atoms with E-state index in [0.29, 0.717) is 0 Å². The number of thiophene rings is 1. The van der Waals surface area contributed by atoms with Crippen LogP contribution in [0.25, 0.3) is 80.4 Å². The Kier molecular flexibility index (Phi) is 7.44. The standard InChI is InChI=1S/C19H14NOS.C18H11NS.Y/c1-20-15-10-11-16-17(19(15)22)14-9-5-8-13(18(14)21-16)12-6-3-2-4-7-12;1-3-7-15-11(5-1)13-9-10-14-12-6-2-4-8-16(12)20-18(14)17(13)19-15;/h2-11,22H,1H3;1-10,19H;/q-1;;/p-1. The molecule has 0 saturated carbocycles. The number of H-pyrrole nitrogens is 1. The molecule has 0 aliphatic heterocycles. The first kappa shape index (κ1) is 28.1. The number of hydrogen-bond acceptors (Lipinski definition) is 3. The molecule has 0 fully saturated rings. The fraction of sp³-hybridized carbons (Fsp3) is 0.0270. The maximum Gasteiger partial charge on any atom is 0.143 e. The number of nitrogens with one attached hydrogen (secondary N) is 1. The van der Waals surface area contributed by atoms with Crippen LogP contribution in [-0.2, 0) is 45.3 Å². The molecule has 0 atom stereocenters. The van der Waals surface area contributed by atoms with Crippen LogP contribution in [0.2, 0.25) is 0 Å². The second kappa shape index (κ2) is 11.4. The number of para-hydroxylation sites is 2. The van der Waals surface area contributed by atoms with Crippen LogP contribution in [0.4, 0.5) is 5.69 Å². The number of hydrogen-bond donors (Lipinski definition) is 1. The molecule has 0 aliphatic carbocycles. The molecular formula is C37H24N2OS2Y-2. The minimum atomic E-state index is 0. The van der Waals surface area contributed by atoms with E-state index in [1.165, 1.54) is 42.0 Å². The van der Waals surface area contributed by atoms with Gasteiger partial charge >= 0.3 is 0 Å². The van der Waals surface area contributed by atoms with Gasteiger partial charge in [0.25, 0.3) is 0 Å². The summed E-state index contributed by atoms with van der Waals surface area (Å²) in [4.78, 5) is 4.35. The normalized spacial score (nSPS) is 11.3. The summed E-state index contributed by atoms with van der Waals surface area (Å²) >= 11 is 7.46. The van der Waals surface area contributed by atoms with Crippen LogP contribution >= 0.6 is 11.3 Å². The van der Waals surface area contributed by atoms with Gasteiger partial charge in [0.2, 0.25) is 0 Å². The van der Waals surface area contributed by atoms with Crippen LogP contribution in [0.1, 0.15) is 0 Å². The summed E-state index contributed by atoms with van der Waals surface area (Å²) in [6.07, 6.45) is 0. The summed E-state index contributed by atoms with van der Waals surface area (Å²) in [7, 11) is 1.76. The zero-order valence-corrected chi connectivity index (χ0v) is 27.8. The van der Waals surface area contributed by atoms with Crippen molar-refractivity contribution in [2.75, 3.05) is 7.05 Å². The third kappa shape index (κ3) is 4.63. The smallest absolute Gasteiger partial charge is 0.143 e. The molecule has 1 N–H and O–H groups in total. The van der Waals surface area contributed by atoms with Crippen LogP contribution < -0.4 is 0 Å². The van der Waals surface area contributed by atoms with Gasteiger partial charge in [0.1, 0.15) is 11.2 Å². The molecule has 0 unspecified atom stereocenters. The third-order valence-corrected chi connectivity index (χ3v) is 9.56. The van der Waals surface area contributed by atoms with E-state index in [1.54, 1.807) is 7.05 Å². The molecule has 1 radical (unpaired) electrons. The number of aromatic nitrogens is 1. The number of rotatable bonds is 2. The molecule has 205 valence electrons. The van der Waals surface area contributed by atoms with Crippen molar-refractivity contribution in [3.63, 3.8) is 0 Å². The Bertz CT molecular complexity index is 2330. The zero-order valence-electron chi connectivity index (χ0n) is 23.3. The molecule has 0 amide bonds. The minimum absolute atomic E-state index is 0. The molecule has 3 nitrogen and oxygen atoms in total. The van der Waals surface area contributed by atoms with Crippen molar-refractivity contribution in [1.82, 2.24) is 4.98 Å². The summed E-state index contributed by atoms with van der Waals surface area (Å²) < 4.78 is 8.83. The Morgan fingerprint density at radius 1 is 0.674 bits per heavy atom. The molecule has 43 heavy (non-hydrogen) atoms. The number of benzene rings is 6. The van der Waals surface area contributed by atoms with E-state index in [9.17, 15) is 0 Å². The number of nitrogens with zero attached hydrogens (tertiary/aromatic N) is 1. The summed E-state index contributed by atoms with van der Waals surface area (Å²) in [6, 6.07) is 42.0. The van der Waals surface area contributed by atoms with E-state index >= 15 is 0 Å². The maximum absolute atomic E-state index is 6.11. The Morgan fingerprint density at radius 3 is 2.23 bits per heavy atom. The van der Waals surface area contributed by atoms with E-state index in [0.717, 1.165) is 43.6 Å². The second-order valence-electron chi connectivity index (χ2n) is 10.3. The van der Waals surface area contributed by atoms with E-state index < -0.39 is 0 Å². The fourth-order valence-electron chi connectivity index (χ4n) is 5.97. The van der Waals surface area contributed by atoms with Crippen molar-refractivity contribution in [1.29, 1.82) is 0 Å². The predicted molar refractivity (Wildman–Crippen MR) is 182 cm³/mol. The van der Waals surface area contributed by atoms with Crippen molar-refractivity contribution in [3.05, 3.63) is 127 Å². The average Bonchev–Trinajstić information content (AvgIpc) is 3.73. The van der Waals surface area contributed by atoms with Crippen molar-refractivity contribution >= 4 is 93.6 Å². The summed E-state index contributed by atoms with van der Waals surface area (Å²) in [5, 5.41) is 11.6. The number of aromatic amines is 1. The summed E-state index contributed by atoms with van der Waals surface area (Å²) in [6.45, 7) is 0. The number of fused-ring (bicyclic) bond motifs is 10. The molecule has 9 aromatic rings. The van der Waals surface area contributed by atoms with Gasteiger partial charge in [0, 0.05) is 80.8 Å². The second-order valence-corrected chi connectivity index (χ2v) is 11.8. The monoisotopic (exact) mass is 665 g/mol. The Morgan fingerprint density at radius 2 is 1.40 bits per heavy atom. The molecule has 6 heteroatoms. The van der Waals surface area contributed by atoms with E-state index in [4.69, 9.17) is 17.0 Å². The molecule has 0 aliphatic rings. The molecule has 6 aromatic carbocycles. The van der Waals surface area contributed by atoms with Crippen LogP contribution in [0.5, 0.6) is 0 Å². The largest absolute Gasteiger partial charge is 0.780 e. The first-order chi connectivity index (χ1) is 20.7. The van der Waals surface area contributed by atoms with Crippen LogP contribution in [0.15, 0.2) is 131 Å². The summed E-state index contributed by atoms with van der Waals surface area (Å²) in [5.41, 5.74) is 7.23. The third-order valence-electron chi connectivity index (χ3n) is 7.94. The minimum Gasteiger partial charge on any atom is -0.780 e. The Balaban J connectivity index is 0.000000137.